The number of nitrogen functional groups attached to an aromatic ring is 1. The van der Waals surface area contributed by atoms with Crippen molar-refractivity contribution in [3.05, 3.63) is 42.1 Å². The summed E-state index contributed by atoms with van der Waals surface area (Å²) in [5.41, 5.74) is 9.01. The van der Waals surface area contributed by atoms with Crippen molar-refractivity contribution in [2.24, 2.45) is 0 Å². The number of ether oxygens (including phenoxy) is 1. The second-order valence-corrected chi connectivity index (χ2v) is 3.60. The van der Waals surface area contributed by atoms with Gasteiger partial charge in [0.2, 0.25) is 0 Å². The first-order chi connectivity index (χ1) is 7.72. The average Bonchev–Trinajstić information content (AvgIpc) is 2.33. The maximum atomic E-state index is 5.78. The quantitative estimate of drug-likeness (QED) is 0.836. The molecule has 2 N–H and O–H groups in total. The maximum absolute atomic E-state index is 5.78. The molecule has 0 fully saturated rings. The van der Waals surface area contributed by atoms with Gasteiger partial charge in [-0.3, -0.25) is 0 Å². The monoisotopic (exact) mass is 214 g/mol. The highest BCUT2D eigenvalue weighted by Gasteiger charge is 2.04. The highest BCUT2D eigenvalue weighted by Crippen LogP contribution is 2.26. The van der Waals surface area contributed by atoms with Crippen LogP contribution in [0.2, 0.25) is 0 Å². The molecule has 3 heteroatoms. The first kappa shape index (κ1) is 10.5. The molecule has 3 nitrogen and oxygen atoms in total. The van der Waals surface area contributed by atoms with Crippen LogP contribution in [-0.4, -0.2) is 12.1 Å². The van der Waals surface area contributed by atoms with Crippen LogP contribution in [0.1, 0.15) is 5.56 Å². The Bertz CT molecular complexity index is 492. The summed E-state index contributed by atoms with van der Waals surface area (Å²) in [5, 5.41) is 0. The van der Waals surface area contributed by atoms with Crippen LogP contribution in [0.5, 0.6) is 5.75 Å². The summed E-state index contributed by atoms with van der Waals surface area (Å²) in [5.74, 6) is 1.43. The molecule has 1 aromatic heterocycles. The van der Waals surface area contributed by atoms with E-state index in [-0.39, 0.29) is 0 Å². The van der Waals surface area contributed by atoms with Crippen molar-refractivity contribution in [3.8, 4) is 16.9 Å². The number of hydrogen-bond acceptors (Lipinski definition) is 3. The zero-order valence-corrected chi connectivity index (χ0v) is 9.40. The number of nitrogens with zero attached hydrogens (tertiary/aromatic N) is 1. The molecule has 0 spiro atoms. The van der Waals surface area contributed by atoms with Gasteiger partial charge in [-0.2, -0.15) is 0 Å². The molecule has 0 amide bonds. The molecule has 16 heavy (non-hydrogen) atoms. The van der Waals surface area contributed by atoms with Crippen molar-refractivity contribution >= 4 is 5.82 Å². The number of aromatic nitrogens is 1. The summed E-state index contributed by atoms with van der Waals surface area (Å²) in [6.45, 7) is 1.97. The molecule has 2 rings (SSSR count). The fourth-order valence-electron chi connectivity index (χ4n) is 1.64. The van der Waals surface area contributed by atoms with Gasteiger partial charge in [0.05, 0.1) is 7.11 Å². The number of hydrogen-bond donors (Lipinski definition) is 1. The lowest BCUT2D eigenvalue weighted by Crippen LogP contribution is -1.95. The van der Waals surface area contributed by atoms with Gasteiger partial charge in [0.1, 0.15) is 11.6 Å². The van der Waals surface area contributed by atoms with Crippen molar-refractivity contribution in [3.63, 3.8) is 0 Å². The Labute approximate surface area is 94.9 Å². The highest BCUT2D eigenvalue weighted by molar-refractivity contribution is 5.71. The van der Waals surface area contributed by atoms with E-state index in [1.165, 1.54) is 0 Å². The number of anilines is 1. The summed E-state index contributed by atoms with van der Waals surface area (Å²) >= 11 is 0. The largest absolute Gasteiger partial charge is 0.497 e. The number of rotatable bonds is 2. The van der Waals surface area contributed by atoms with Gasteiger partial charge in [-0.25, -0.2) is 4.98 Å². The van der Waals surface area contributed by atoms with Crippen molar-refractivity contribution in [1.82, 2.24) is 4.98 Å². The lowest BCUT2D eigenvalue weighted by Gasteiger charge is -2.08. The molecule has 82 valence electrons. The normalized spacial score (nSPS) is 10.1. The minimum Gasteiger partial charge on any atom is -0.497 e. The second-order valence-electron chi connectivity index (χ2n) is 3.60. The van der Waals surface area contributed by atoms with Crippen molar-refractivity contribution < 1.29 is 4.74 Å². The summed E-state index contributed by atoms with van der Waals surface area (Å²) in [6, 6.07) is 9.87. The lowest BCUT2D eigenvalue weighted by molar-refractivity contribution is 0.415. The number of nitrogens with two attached hydrogens (primary N) is 1. The zero-order chi connectivity index (χ0) is 11.5. The molecule has 0 bridgehead atoms. The smallest absolute Gasteiger partial charge is 0.126 e. The third kappa shape index (κ3) is 1.84. The molecule has 0 saturated carbocycles. The molecule has 2 aromatic rings. The van der Waals surface area contributed by atoms with Crippen LogP contribution in [-0.2, 0) is 0 Å². The van der Waals surface area contributed by atoms with E-state index < -0.39 is 0 Å². The Morgan fingerprint density at radius 2 is 1.81 bits per heavy atom. The van der Waals surface area contributed by atoms with Gasteiger partial charge in [0.15, 0.2) is 0 Å². The number of benzene rings is 1. The summed E-state index contributed by atoms with van der Waals surface area (Å²) in [4.78, 5) is 4.05. The minimum absolute atomic E-state index is 0.577. The molecule has 1 heterocycles. The summed E-state index contributed by atoms with van der Waals surface area (Å²) in [6.07, 6.45) is 1.72. The fraction of sp³-hybridized carbons (Fsp3) is 0.154. The fourth-order valence-corrected chi connectivity index (χ4v) is 1.64. The molecular formula is C13H14N2O. The van der Waals surface area contributed by atoms with Gasteiger partial charge in [0, 0.05) is 6.20 Å². The Morgan fingerprint density at radius 3 is 2.44 bits per heavy atom. The minimum atomic E-state index is 0.577. The van der Waals surface area contributed by atoms with Crippen molar-refractivity contribution in [1.29, 1.82) is 0 Å². The first-order valence-corrected chi connectivity index (χ1v) is 5.08. The van der Waals surface area contributed by atoms with E-state index in [9.17, 15) is 0 Å². The van der Waals surface area contributed by atoms with E-state index in [0.29, 0.717) is 5.82 Å². The lowest BCUT2D eigenvalue weighted by atomic mass is 10.0. The Morgan fingerprint density at radius 1 is 1.12 bits per heavy atom. The van der Waals surface area contributed by atoms with Crippen LogP contribution in [0.4, 0.5) is 5.82 Å². The van der Waals surface area contributed by atoms with Gasteiger partial charge in [0.25, 0.3) is 0 Å². The second kappa shape index (κ2) is 4.23. The topological polar surface area (TPSA) is 48.1 Å². The molecule has 0 radical (unpaired) electrons. The summed E-state index contributed by atoms with van der Waals surface area (Å²) in [7, 11) is 1.66. The van der Waals surface area contributed by atoms with Gasteiger partial charge < -0.3 is 10.5 Å². The molecule has 0 aliphatic carbocycles. The van der Waals surface area contributed by atoms with Gasteiger partial charge in [-0.15, -0.1) is 0 Å². The maximum Gasteiger partial charge on any atom is 0.126 e. The Kier molecular flexibility index (Phi) is 2.77. The Hall–Kier alpha value is -2.03. The molecule has 0 unspecified atom stereocenters. The third-order valence-electron chi connectivity index (χ3n) is 2.64. The van der Waals surface area contributed by atoms with Crippen LogP contribution in [0.25, 0.3) is 11.1 Å². The van der Waals surface area contributed by atoms with Crippen LogP contribution >= 0.6 is 0 Å². The number of methoxy groups -OCH3 is 1. The van der Waals surface area contributed by atoms with E-state index in [2.05, 4.69) is 4.98 Å². The molecule has 0 aliphatic heterocycles. The predicted octanol–water partition coefficient (Wildman–Crippen LogP) is 2.65. The third-order valence-corrected chi connectivity index (χ3v) is 2.64. The SMILES string of the molecule is COc1ccc(-c2ccnc(N)c2C)cc1. The van der Waals surface area contributed by atoms with E-state index >= 15 is 0 Å². The highest BCUT2D eigenvalue weighted by atomic mass is 16.5. The average molecular weight is 214 g/mol. The van der Waals surface area contributed by atoms with E-state index in [1.54, 1.807) is 13.3 Å². The Balaban J connectivity index is 2.46. The van der Waals surface area contributed by atoms with Crippen LogP contribution in [0.15, 0.2) is 36.5 Å². The van der Waals surface area contributed by atoms with E-state index in [0.717, 1.165) is 22.4 Å². The van der Waals surface area contributed by atoms with Crippen LogP contribution < -0.4 is 10.5 Å². The van der Waals surface area contributed by atoms with Crippen molar-refractivity contribution in [2.75, 3.05) is 12.8 Å². The van der Waals surface area contributed by atoms with E-state index in [4.69, 9.17) is 10.5 Å². The first-order valence-electron chi connectivity index (χ1n) is 5.08. The van der Waals surface area contributed by atoms with Gasteiger partial charge in [-0.05, 0) is 41.8 Å². The number of pyridine rings is 1. The molecular weight excluding hydrogens is 200 g/mol. The van der Waals surface area contributed by atoms with E-state index in [1.807, 2.05) is 37.3 Å². The standard InChI is InChI=1S/C13H14N2O/c1-9-12(7-8-15-13(9)14)10-3-5-11(16-2)6-4-10/h3-8H,1-2H3,(H2,14,15). The summed E-state index contributed by atoms with van der Waals surface area (Å²) < 4.78 is 5.12. The van der Waals surface area contributed by atoms with Crippen molar-refractivity contribution in [2.45, 2.75) is 6.92 Å². The van der Waals surface area contributed by atoms with Gasteiger partial charge in [-0.1, -0.05) is 12.1 Å². The predicted molar refractivity (Wildman–Crippen MR) is 65.4 cm³/mol. The molecule has 0 saturated heterocycles. The van der Waals surface area contributed by atoms with Crippen LogP contribution in [0, 0.1) is 6.92 Å². The molecule has 0 atom stereocenters. The zero-order valence-electron chi connectivity index (χ0n) is 9.40. The van der Waals surface area contributed by atoms with Gasteiger partial charge >= 0.3 is 0 Å². The molecule has 0 aliphatic rings. The molecule has 1 aromatic carbocycles. The van der Waals surface area contributed by atoms with Crippen LogP contribution in [0.3, 0.4) is 0 Å².